The molecule has 1 aliphatic rings. The van der Waals surface area contributed by atoms with Crippen LogP contribution in [0, 0.1) is 28.9 Å². The van der Waals surface area contributed by atoms with Crippen molar-refractivity contribution >= 4 is 17.4 Å². The van der Waals surface area contributed by atoms with Crippen molar-refractivity contribution < 1.29 is 18.4 Å². The highest BCUT2D eigenvalue weighted by Crippen LogP contribution is 2.28. The van der Waals surface area contributed by atoms with Crippen molar-refractivity contribution in [2.75, 3.05) is 11.4 Å². The molecule has 0 aromatic heterocycles. The van der Waals surface area contributed by atoms with Crippen molar-refractivity contribution in [3.05, 3.63) is 29.8 Å². The standard InChI is InChI=1S/C14H12F2N2O2/c15-10-4-1-5-11(13(10)16)18-8-2-3-9(14(18)20)12(19)6-7-17/h1,4-5,9H,2-3,6,8H2. The van der Waals surface area contributed by atoms with Crippen LogP contribution in [0.5, 0.6) is 0 Å². The van der Waals surface area contributed by atoms with Crippen molar-refractivity contribution in [2.45, 2.75) is 19.3 Å². The van der Waals surface area contributed by atoms with Gasteiger partial charge in [0.1, 0.15) is 0 Å². The molecule has 4 nitrogen and oxygen atoms in total. The second-order valence-electron chi connectivity index (χ2n) is 4.56. The highest BCUT2D eigenvalue weighted by Gasteiger charge is 2.35. The summed E-state index contributed by atoms with van der Waals surface area (Å²) in [5.74, 6) is -4.12. The lowest BCUT2D eigenvalue weighted by Crippen LogP contribution is -2.44. The molecule has 2 rings (SSSR count). The van der Waals surface area contributed by atoms with Gasteiger partial charge in [-0.1, -0.05) is 6.07 Å². The Morgan fingerprint density at radius 2 is 2.20 bits per heavy atom. The zero-order chi connectivity index (χ0) is 14.7. The number of carbonyl (C=O) groups is 2. The molecule has 0 spiro atoms. The van der Waals surface area contributed by atoms with Crippen LogP contribution in [-0.2, 0) is 9.59 Å². The first-order chi connectivity index (χ1) is 9.56. The van der Waals surface area contributed by atoms with E-state index in [1.165, 1.54) is 12.1 Å². The summed E-state index contributed by atoms with van der Waals surface area (Å²) >= 11 is 0. The summed E-state index contributed by atoms with van der Waals surface area (Å²) in [5, 5.41) is 8.51. The molecule has 1 heterocycles. The van der Waals surface area contributed by atoms with Crippen LogP contribution >= 0.6 is 0 Å². The van der Waals surface area contributed by atoms with Gasteiger partial charge in [0.15, 0.2) is 17.4 Å². The van der Waals surface area contributed by atoms with E-state index in [1.54, 1.807) is 6.07 Å². The molecule has 20 heavy (non-hydrogen) atoms. The van der Waals surface area contributed by atoms with Crippen LogP contribution in [-0.4, -0.2) is 18.2 Å². The number of benzene rings is 1. The Morgan fingerprint density at radius 3 is 2.90 bits per heavy atom. The van der Waals surface area contributed by atoms with E-state index < -0.39 is 29.2 Å². The van der Waals surface area contributed by atoms with E-state index in [-0.39, 0.29) is 18.7 Å². The number of Topliss-reactive ketones (excluding diaryl/α,β-unsaturated/α-hetero) is 1. The molecule has 1 fully saturated rings. The molecule has 1 unspecified atom stereocenters. The van der Waals surface area contributed by atoms with Gasteiger partial charge in [0.25, 0.3) is 0 Å². The van der Waals surface area contributed by atoms with Gasteiger partial charge in [0.05, 0.1) is 24.1 Å². The normalized spacial score (nSPS) is 18.8. The summed E-state index contributed by atoms with van der Waals surface area (Å²) in [7, 11) is 0. The average molecular weight is 278 g/mol. The Labute approximate surface area is 114 Å². The summed E-state index contributed by atoms with van der Waals surface area (Å²) in [4.78, 5) is 25.0. The highest BCUT2D eigenvalue weighted by molar-refractivity contribution is 6.09. The molecule has 1 aliphatic heterocycles. The lowest BCUT2D eigenvalue weighted by molar-refractivity contribution is -0.133. The van der Waals surface area contributed by atoms with E-state index >= 15 is 0 Å². The minimum atomic E-state index is -1.10. The molecule has 1 aromatic rings. The van der Waals surface area contributed by atoms with Crippen molar-refractivity contribution in [1.29, 1.82) is 5.26 Å². The summed E-state index contributed by atoms with van der Waals surface area (Å²) in [5.41, 5.74) is -0.163. The van der Waals surface area contributed by atoms with Crippen molar-refractivity contribution in [3.8, 4) is 6.07 Å². The van der Waals surface area contributed by atoms with Crippen molar-refractivity contribution in [2.24, 2.45) is 5.92 Å². The zero-order valence-corrected chi connectivity index (χ0v) is 10.6. The van der Waals surface area contributed by atoms with Gasteiger partial charge < -0.3 is 4.90 Å². The van der Waals surface area contributed by atoms with E-state index in [9.17, 15) is 18.4 Å². The van der Waals surface area contributed by atoms with Crippen molar-refractivity contribution in [3.63, 3.8) is 0 Å². The number of hydrogen-bond donors (Lipinski definition) is 0. The number of carbonyl (C=O) groups excluding carboxylic acids is 2. The number of anilines is 1. The van der Waals surface area contributed by atoms with Crippen LogP contribution < -0.4 is 4.90 Å². The number of amides is 1. The third-order valence-corrected chi connectivity index (χ3v) is 3.30. The van der Waals surface area contributed by atoms with Crippen molar-refractivity contribution in [1.82, 2.24) is 0 Å². The second-order valence-corrected chi connectivity index (χ2v) is 4.56. The van der Waals surface area contributed by atoms with Crippen LogP contribution in [0.25, 0.3) is 0 Å². The van der Waals surface area contributed by atoms with E-state index in [0.717, 1.165) is 11.0 Å². The first kappa shape index (κ1) is 14.1. The predicted octanol–water partition coefficient (Wildman–Crippen LogP) is 2.19. The Bertz CT molecular complexity index is 595. The summed E-state index contributed by atoms with van der Waals surface area (Å²) in [6.45, 7) is 0.232. The number of ketones is 1. The fourth-order valence-electron chi connectivity index (χ4n) is 2.32. The fourth-order valence-corrected chi connectivity index (χ4v) is 2.32. The predicted molar refractivity (Wildman–Crippen MR) is 66.7 cm³/mol. The monoisotopic (exact) mass is 278 g/mol. The molecule has 0 radical (unpaired) electrons. The Hall–Kier alpha value is -2.29. The van der Waals surface area contributed by atoms with Crippen LogP contribution in [0.2, 0.25) is 0 Å². The zero-order valence-electron chi connectivity index (χ0n) is 10.6. The molecule has 104 valence electrons. The van der Waals surface area contributed by atoms with Gasteiger partial charge in [-0.2, -0.15) is 5.26 Å². The molecule has 0 saturated carbocycles. The van der Waals surface area contributed by atoms with E-state index in [1.807, 2.05) is 0 Å². The maximum atomic E-state index is 13.7. The number of hydrogen-bond acceptors (Lipinski definition) is 3. The van der Waals surface area contributed by atoms with Gasteiger partial charge >= 0.3 is 0 Å². The van der Waals surface area contributed by atoms with Crippen LogP contribution in [0.1, 0.15) is 19.3 Å². The van der Waals surface area contributed by atoms with E-state index in [0.29, 0.717) is 12.8 Å². The third kappa shape index (κ3) is 2.52. The molecule has 0 N–H and O–H groups in total. The van der Waals surface area contributed by atoms with Gasteiger partial charge in [0.2, 0.25) is 5.91 Å². The van der Waals surface area contributed by atoms with Crippen LogP contribution in [0.4, 0.5) is 14.5 Å². The minimum Gasteiger partial charge on any atom is -0.309 e. The van der Waals surface area contributed by atoms with Gasteiger partial charge in [0, 0.05) is 6.54 Å². The van der Waals surface area contributed by atoms with E-state index in [2.05, 4.69) is 0 Å². The Balaban J connectivity index is 2.29. The Kier molecular flexibility index (Phi) is 4.08. The number of nitrogens with zero attached hydrogens (tertiary/aromatic N) is 2. The fraction of sp³-hybridized carbons (Fsp3) is 0.357. The largest absolute Gasteiger partial charge is 0.309 e. The molecule has 1 atom stereocenters. The Morgan fingerprint density at radius 1 is 1.45 bits per heavy atom. The van der Waals surface area contributed by atoms with E-state index in [4.69, 9.17) is 5.26 Å². The topological polar surface area (TPSA) is 61.2 Å². The molecule has 1 amide bonds. The summed E-state index contributed by atoms with van der Waals surface area (Å²) < 4.78 is 26.9. The number of rotatable bonds is 3. The second kappa shape index (κ2) is 5.78. The third-order valence-electron chi connectivity index (χ3n) is 3.30. The van der Waals surface area contributed by atoms with Crippen LogP contribution in [0.3, 0.4) is 0 Å². The highest BCUT2D eigenvalue weighted by atomic mass is 19.2. The first-order valence-corrected chi connectivity index (χ1v) is 6.21. The number of halogens is 2. The number of piperidine rings is 1. The molecular weight excluding hydrogens is 266 g/mol. The maximum absolute atomic E-state index is 13.7. The maximum Gasteiger partial charge on any atom is 0.237 e. The minimum absolute atomic E-state index is 0.163. The average Bonchev–Trinajstić information content (AvgIpc) is 2.43. The first-order valence-electron chi connectivity index (χ1n) is 6.21. The van der Waals surface area contributed by atoms with Crippen LogP contribution in [0.15, 0.2) is 18.2 Å². The van der Waals surface area contributed by atoms with Gasteiger partial charge in [-0.25, -0.2) is 8.78 Å². The molecule has 0 bridgehead atoms. The molecule has 1 saturated heterocycles. The smallest absolute Gasteiger partial charge is 0.237 e. The molecular formula is C14H12F2N2O2. The lowest BCUT2D eigenvalue weighted by Gasteiger charge is -2.31. The lowest BCUT2D eigenvalue weighted by atomic mass is 9.91. The molecule has 1 aromatic carbocycles. The number of nitriles is 1. The van der Waals surface area contributed by atoms with Gasteiger partial charge in [-0.05, 0) is 25.0 Å². The molecule has 0 aliphatic carbocycles. The quantitative estimate of drug-likeness (QED) is 0.796. The van der Waals surface area contributed by atoms with Gasteiger partial charge in [-0.15, -0.1) is 0 Å². The van der Waals surface area contributed by atoms with Gasteiger partial charge in [-0.3, -0.25) is 9.59 Å². The summed E-state index contributed by atoms with van der Waals surface area (Å²) in [6, 6.07) is 5.28. The molecule has 6 heteroatoms. The SMILES string of the molecule is N#CCC(=O)C1CCCN(c2cccc(F)c2F)C1=O. The summed E-state index contributed by atoms with van der Waals surface area (Å²) in [6.07, 6.45) is 0.492.